The quantitative estimate of drug-likeness (QED) is 0.781. The predicted octanol–water partition coefficient (Wildman–Crippen LogP) is 1.000. The Labute approximate surface area is 110 Å². The van der Waals surface area contributed by atoms with Crippen molar-refractivity contribution in [2.45, 2.75) is 24.8 Å². The Kier molecular flexibility index (Phi) is 5.37. The number of aliphatic carboxylic acids is 1. The lowest BCUT2D eigenvalue weighted by Crippen LogP contribution is -2.30. The van der Waals surface area contributed by atoms with E-state index in [9.17, 15) is 17.6 Å². The summed E-state index contributed by atoms with van der Waals surface area (Å²) in [7, 11) is -4.01. The topological polar surface area (TPSA) is 96.4 Å². The van der Waals surface area contributed by atoms with Gasteiger partial charge in [0.05, 0.1) is 0 Å². The fraction of sp³-hybridized carbons (Fsp3) is 0.455. The Morgan fingerprint density at radius 2 is 2.26 bits per heavy atom. The summed E-state index contributed by atoms with van der Waals surface area (Å²) in [4.78, 5) is 13.9. The van der Waals surface area contributed by atoms with Crippen molar-refractivity contribution in [1.29, 1.82) is 0 Å². The molecule has 0 aliphatic carbocycles. The number of carboxylic acids is 1. The monoisotopic (exact) mass is 290 g/mol. The van der Waals surface area contributed by atoms with Crippen molar-refractivity contribution in [1.82, 2.24) is 9.71 Å². The molecular weight excluding hydrogens is 275 g/mol. The summed E-state index contributed by atoms with van der Waals surface area (Å²) >= 11 is 0. The van der Waals surface area contributed by atoms with E-state index in [0.29, 0.717) is 6.42 Å². The van der Waals surface area contributed by atoms with Gasteiger partial charge in [0.2, 0.25) is 5.03 Å². The first-order valence-corrected chi connectivity index (χ1v) is 7.13. The Bertz CT molecular complexity index is 547. The van der Waals surface area contributed by atoms with Crippen LogP contribution in [0.15, 0.2) is 23.4 Å². The molecule has 0 aromatic carbocycles. The van der Waals surface area contributed by atoms with Crippen LogP contribution in [0.1, 0.15) is 19.8 Å². The lowest BCUT2D eigenvalue weighted by atomic mass is 10.1. The molecule has 19 heavy (non-hydrogen) atoms. The lowest BCUT2D eigenvalue weighted by Gasteiger charge is -2.11. The molecule has 0 saturated carbocycles. The minimum atomic E-state index is -4.01. The highest BCUT2D eigenvalue weighted by molar-refractivity contribution is 7.89. The smallest absolute Gasteiger partial charge is 0.303 e. The molecule has 0 radical (unpaired) electrons. The van der Waals surface area contributed by atoms with Gasteiger partial charge in [0.1, 0.15) is 0 Å². The van der Waals surface area contributed by atoms with Gasteiger partial charge < -0.3 is 5.11 Å². The number of carboxylic acid groups (broad SMARTS) is 1. The average molecular weight is 290 g/mol. The minimum absolute atomic E-state index is 0.0334. The van der Waals surface area contributed by atoms with Crippen LogP contribution < -0.4 is 4.72 Å². The van der Waals surface area contributed by atoms with E-state index in [1.807, 2.05) is 0 Å². The number of carbonyl (C=O) groups is 1. The van der Waals surface area contributed by atoms with Gasteiger partial charge in [-0.1, -0.05) is 6.92 Å². The number of nitrogens with one attached hydrogen (secondary N) is 1. The average Bonchev–Trinajstić information content (AvgIpc) is 2.34. The number of halogens is 1. The summed E-state index contributed by atoms with van der Waals surface area (Å²) in [6.07, 6.45) is 1.48. The maximum Gasteiger partial charge on any atom is 0.303 e. The zero-order chi connectivity index (χ0) is 14.5. The van der Waals surface area contributed by atoms with E-state index >= 15 is 0 Å². The molecule has 0 saturated heterocycles. The number of sulfonamides is 1. The molecule has 0 spiro atoms. The number of hydrogen-bond donors (Lipinski definition) is 2. The van der Waals surface area contributed by atoms with Gasteiger partial charge in [0, 0.05) is 19.2 Å². The first-order valence-electron chi connectivity index (χ1n) is 5.65. The van der Waals surface area contributed by atoms with Crippen LogP contribution in [-0.4, -0.2) is 31.0 Å². The van der Waals surface area contributed by atoms with Crippen molar-refractivity contribution in [3.8, 4) is 0 Å². The molecule has 1 aromatic heterocycles. The van der Waals surface area contributed by atoms with Crippen molar-refractivity contribution in [3.63, 3.8) is 0 Å². The summed E-state index contributed by atoms with van der Waals surface area (Å²) in [5.74, 6) is -2.03. The van der Waals surface area contributed by atoms with Crippen LogP contribution in [0.3, 0.4) is 0 Å². The molecule has 1 aromatic rings. The molecule has 2 N–H and O–H groups in total. The highest BCUT2D eigenvalue weighted by Gasteiger charge is 2.20. The van der Waals surface area contributed by atoms with Gasteiger partial charge in [-0.2, -0.15) is 0 Å². The van der Waals surface area contributed by atoms with E-state index in [0.717, 1.165) is 6.07 Å². The van der Waals surface area contributed by atoms with Crippen LogP contribution in [0.25, 0.3) is 0 Å². The Hall–Kier alpha value is -1.54. The maximum absolute atomic E-state index is 13.3. The van der Waals surface area contributed by atoms with Gasteiger partial charge >= 0.3 is 5.97 Å². The Morgan fingerprint density at radius 3 is 2.84 bits per heavy atom. The second-order valence-corrected chi connectivity index (χ2v) is 5.86. The number of hydrogen-bond acceptors (Lipinski definition) is 4. The zero-order valence-electron chi connectivity index (χ0n) is 10.3. The number of rotatable bonds is 7. The molecule has 106 valence electrons. The van der Waals surface area contributed by atoms with Crippen molar-refractivity contribution < 1.29 is 22.7 Å². The van der Waals surface area contributed by atoms with Crippen LogP contribution in [0, 0.1) is 11.7 Å². The third-order valence-corrected chi connectivity index (χ3v) is 3.81. The standard InChI is InChI=1S/C11H15FN2O4S/c1-8(4-5-10(15)16)7-14-19(17,18)11-9(12)3-2-6-13-11/h2-3,6,8,14H,4-5,7H2,1H3,(H,15,16). The van der Waals surface area contributed by atoms with Crippen LogP contribution >= 0.6 is 0 Å². The number of nitrogens with zero attached hydrogens (tertiary/aromatic N) is 1. The minimum Gasteiger partial charge on any atom is -0.481 e. The van der Waals surface area contributed by atoms with E-state index in [4.69, 9.17) is 5.11 Å². The summed E-state index contributed by atoms with van der Waals surface area (Å²) < 4.78 is 39.1. The van der Waals surface area contributed by atoms with Crippen molar-refractivity contribution in [2.24, 2.45) is 5.92 Å². The molecule has 1 rings (SSSR count). The fourth-order valence-corrected chi connectivity index (χ4v) is 2.53. The first-order chi connectivity index (χ1) is 8.83. The van der Waals surface area contributed by atoms with Gasteiger partial charge in [0.15, 0.2) is 5.82 Å². The second kappa shape index (κ2) is 6.58. The van der Waals surface area contributed by atoms with Crippen molar-refractivity contribution in [2.75, 3.05) is 6.54 Å². The maximum atomic E-state index is 13.3. The predicted molar refractivity (Wildman–Crippen MR) is 65.4 cm³/mol. The highest BCUT2D eigenvalue weighted by Crippen LogP contribution is 2.11. The van der Waals surface area contributed by atoms with Crippen LogP contribution in [-0.2, 0) is 14.8 Å². The molecule has 0 aliphatic heterocycles. The molecular formula is C11H15FN2O4S. The van der Waals surface area contributed by atoms with E-state index in [2.05, 4.69) is 9.71 Å². The molecule has 0 aliphatic rings. The number of aromatic nitrogens is 1. The van der Waals surface area contributed by atoms with Crippen molar-refractivity contribution >= 4 is 16.0 Å². The van der Waals surface area contributed by atoms with Crippen LogP contribution in [0.5, 0.6) is 0 Å². The highest BCUT2D eigenvalue weighted by atomic mass is 32.2. The molecule has 1 unspecified atom stereocenters. The largest absolute Gasteiger partial charge is 0.481 e. The fourth-order valence-electron chi connectivity index (χ4n) is 1.36. The number of pyridine rings is 1. The summed E-state index contributed by atoms with van der Waals surface area (Å²) in [6, 6.07) is 2.30. The van der Waals surface area contributed by atoms with Gasteiger partial charge in [-0.15, -0.1) is 0 Å². The van der Waals surface area contributed by atoms with Gasteiger partial charge in [-0.3, -0.25) is 4.79 Å². The normalized spacial score (nSPS) is 13.2. The van der Waals surface area contributed by atoms with Gasteiger partial charge in [-0.05, 0) is 24.5 Å². The third-order valence-electron chi connectivity index (χ3n) is 2.45. The molecule has 6 nitrogen and oxygen atoms in total. The summed E-state index contributed by atoms with van der Waals surface area (Å²) in [5.41, 5.74) is 0. The SMILES string of the molecule is CC(CCC(=O)O)CNS(=O)(=O)c1ncccc1F. The summed E-state index contributed by atoms with van der Waals surface area (Å²) in [5, 5.41) is 7.85. The molecule has 0 fully saturated rings. The van der Waals surface area contributed by atoms with Gasteiger partial charge in [-0.25, -0.2) is 22.5 Å². The third kappa shape index (κ3) is 4.92. The second-order valence-electron chi connectivity index (χ2n) is 4.18. The van der Waals surface area contributed by atoms with Crippen LogP contribution in [0.2, 0.25) is 0 Å². The molecule has 1 heterocycles. The zero-order valence-corrected chi connectivity index (χ0v) is 11.2. The van der Waals surface area contributed by atoms with Crippen molar-refractivity contribution in [3.05, 3.63) is 24.1 Å². The van der Waals surface area contributed by atoms with E-state index in [1.165, 1.54) is 12.3 Å². The molecule has 1 atom stereocenters. The lowest BCUT2D eigenvalue weighted by molar-refractivity contribution is -0.137. The van der Waals surface area contributed by atoms with E-state index in [1.54, 1.807) is 6.92 Å². The van der Waals surface area contributed by atoms with Gasteiger partial charge in [0.25, 0.3) is 10.0 Å². The van der Waals surface area contributed by atoms with E-state index < -0.39 is 26.8 Å². The Balaban J connectivity index is 2.61. The Morgan fingerprint density at radius 1 is 1.58 bits per heavy atom. The molecule has 8 heteroatoms. The van der Waals surface area contributed by atoms with Crippen LogP contribution in [0.4, 0.5) is 4.39 Å². The first kappa shape index (κ1) is 15.5. The molecule has 0 bridgehead atoms. The summed E-state index contributed by atoms with van der Waals surface area (Å²) in [6.45, 7) is 1.74. The van der Waals surface area contributed by atoms with E-state index in [-0.39, 0.29) is 18.9 Å². The molecule has 0 amide bonds.